The van der Waals surface area contributed by atoms with Gasteiger partial charge in [0.25, 0.3) is 5.56 Å². The molecule has 0 bridgehead atoms. The van der Waals surface area contributed by atoms with Crippen LogP contribution in [0.2, 0.25) is 0 Å². The number of aromatic nitrogens is 2. The van der Waals surface area contributed by atoms with E-state index in [-0.39, 0.29) is 5.56 Å². The van der Waals surface area contributed by atoms with E-state index >= 15 is 0 Å². The maximum Gasteiger partial charge on any atom is 0.275 e. The SMILES string of the molecule is Cc1cc(C)c(S(=O)Nc2ccc(C)cc2-c2nc3ccccc3[nH]c2=O)c(C)c1. The Morgan fingerprint density at radius 1 is 0.900 bits per heavy atom. The average Bonchev–Trinajstić information content (AvgIpc) is 2.68. The van der Waals surface area contributed by atoms with Crippen LogP contribution in [0.5, 0.6) is 0 Å². The maximum atomic E-state index is 13.2. The van der Waals surface area contributed by atoms with Crippen LogP contribution in [-0.2, 0) is 11.0 Å². The number of nitrogens with zero attached hydrogens (tertiary/aromatic N) is 1. The van der Waals surface area contributed by atoms with Gasteiger partial charge in [0.15, 0.2) is 11.0 Å². The summed E-state index contributed by atoms with van der Waals surface area (Å²) in [5, 5.41) is 0. The third-order valence-corrected chi connectivity index (χ3v) is 6.44. The standard InChI is InChI=1S/C24H23N3O2S/c1-14-9-10-19(27-30(29)23-16(3)11-15(2)12-17(23)4)18(13-14)22-24(28)26-21-8-6-5-7-20(21)25-22/h5-13,27H,1-4H3,(H,26,28). The lowest BCUT2D eigenvalue weighted by atomic mass is 10.1. The molecular weight excluding hydrogens is 394 g/mol. The molecule has 1 heterocycles. The fourth-order valence-electron chi connectivity index (χ4n) is 3.77. The van der Waals surface area contributed by atoms with E-state index in [2.05, 4.69) is 14.7 Å². The number of aromatic amines is 1. The highest BCUT2D eigenvalue weighted by Gasteiger charge is 2.17. The van der Waals surface area contributed by atoms with Gasteiger partial charge in [0.05, 0.1) is 21.6 Å². The van der Waals surface area contributed by atoms with Gasteiger partial charge in [0.1, 0.15) is 5.69 Å². The summed E-state index contributed by atoms with van der Waals surface area (Å²) in [5.74, 6) is 0. The summed E-state index contributed by atoms with van der Waals surface area (Å²) in [5.41, 5.74) is 6.68. The monoisotopic (exact) mass is 417 g/mol. The Morgan fingerprint density at radius 2 is 1.60 bits per heavy atom. The first-order valence-electron chi connectivity index (χ1n) is 9.70. The fraction of sp³-hybridized carbons (Fsp3) is 0.167. The molecule has 0 aliphatic carbocycles. The van der Waals surface area contributed by atoms with Gasteiger partial charge in [-0.1, -0.05) is 41.5 Å². The molecule has 4 rings (SSSR count). The molecule has 1 aromatic heterocycles. The van der Waals surface area contributed by atoms with E-state index in [0.717, 1.165) is 27.1 Å². The Bertz CT molecular complexity index is 1340. The van der Waals surface area contributed by atoms with E-state index in [0.29, 0.717) is 28.0 Å². The van der Waals surface area contributed by atoms with E-state index in [1.54, 1.807) is 0 Å². The second-order valence-corrected chi connectivity index (χ2v) is 8.73. The van der Waals surface area contributed by atoms with Gasteiger partial charge >= 0.3 is 0 Å². The number of benzene rings is 3. The summed E-state index contributed by atoms with van der Waals surface area (Å²) >= 11 is 0. The largest absolute Gasteiger partial charge is 0.319 e. The van der Waals surface area contributed by atoms with Crippen LogP contribution in [0.25, 0.3) is 22.3 Å². The molecule has 0 aliphatic rings. The first-order chi connectivity index (χ1) is 14.3. The minimum absolute atomic E-state index is 0.282. The third kappa shape index (κ3) is 3.78. The molecule has 30 heavy (non-hydrogen) atoms. The summed E-state index contributed by atoms with van der Waals surface area (Å²) < 4.78 is 16.3. The summed E-state index contributed by atoms with van der Waals surface area (Å²) in [6, 6.07) is 17.1. The molecule has 1 atom stereocenters. The first kappa shape index (κ1) is 20.0. The number of hydrogen-bond donors (Lipinski definition) is 2. The molecule has 6 heteroatoms. The van der Waals surface area contributed by atoms with Crippen LogP contribution in [0.15, 0.2) is 64.3 Å². The van der Waals surface area contributed by atoms with E-state index in [1.807, 2.05) is 82.3 Å². The van der Waals surface area contributed by atoms with Crippen molar-refractivity contribution in [1.29, 1.82) is 0 Å². The Labute approximate surface area is 177 Å². The van der Waals surface area contributed by atoms with Gasteiger partial charge in [0, 0.05) is 5.56 Å². The van der Waals surface area contributed by atoms with Gasteiger partial charge in [-0.15, -0.1) is 0 Å². The minimum Gasteiger partial charge on any atom is -0.319 e. The van der Waals surface area contributed by atoms with Gasteiger partial charge < -0.3 is 9.71 Å². The summed E-state index contributed by atoms with van der Waals surface area (Å²) in [6.45, 7) is 7.89. The number of fused-ring (bicyclic) bond motifs is 1. The summed E-state index contributed by atoms with van der Waals surface area (Å²) in [4.78, 5) is 21.0. The van der Waals surface area contributed by atoms with Crippen molar-refractivity contribution in [3.05, 3.63) is 87.2 Å². The zero-order valence-corrected chi connectivity index (χ0v) is 18.2. The lowest BCUT2D eigenvalue weighted by molar-refractivity contribution is 0.685. The van der Waals surface area contributed by atoms with E-state index in [1.165, 1.54) is 0 Å². The van der Waals surface area contributed by atoms with Crippen molar-refractivity contribution in [3.63, 3.8) is 0 Å². The normalized spacial score (nSPS) is 12.1. The predicted molar refractivity (Wildman–Crippen MR) is 123 cm³/mol. The number of para-hydroxylation sites is 2. The number of H-pyrrole nitrogens is 1. The highest BCUT2D eigenvalue weighted by molar-refractivity contribution is 7.86. The quantitative estimate of drug-likeness (QED) is 0.493. The van der Waals surface area contributed by atoms with E-state index < -0.39 is 11.0 Å². The Morgan fingerprint density at radius 3 is 2.33 bits per heavy atom. The van der Waals surface area contributed by atoms with Crippen LogP contribution in [0, 0.1) is 27.7 Å². The molecule has 0 saturated heterocycles. The van der Waals surface area contributed by atoms with Crippen molar-refractivity contribution in [3.8, 4) is 11.3 Å². The lowest BCUT2D eigenvalue weighted by Crippen LogP contribution is -2.14. The van der Waals surface area contributed by atoms with Gasteiger partial charge in [0.2, 0.25) is 0 Å². The van der Waals surface area contributed by atoms with Crippen molar-refractivity contribution in [2.24, 2.45) is 0 Å². The fourth-order valence-corrected chi connectivity index (χ4v) is 4.95. The molecule has 1 unspecified atom stereocenters. The van der Waals surface area contributed by atoms with Gasteiger partial charge in [-0.3, -0.25) is 4.79 Å². The molecular formula is C24H23N3O2S. The smallest absolute Gasteiger partial charge is 0.275 e. The zero-order valence-electron chi connectivity index (χ0n) is 17.4. The lowest BCUT2D eigenvalue weighted by Gasteiger charge is -2.15. The molecule has 0 amide bonds. The molecule has 4 aromatic rings. The van der Waals surface area contributed by atoms with Crippen LogP contribution in [0.4, 0.5) is 5.69 Å². The number of hydrogen-bond acceptors (Lipinski definition) is 3. The topological polar surface area (TPSA) is 74.8 Å². The van der Waals surface area contributed by atoms with Crippen LogP contribution in [-0.4, -0.2) is 14.2 Å². The number of nitrogens with one attached hydrogen (secondary N) is 2. The van der Waals surface area contributed by atoms with Crippen molar-refractivity contribution in [1.82, 2.24) is 9.97 Å². The molecule has 0 aliphatic heterocycles. The second kappa shape index (κ2) is 7.88. The molecule has 5 nitrogen and oxygen atoms in total. The molecule has 0 radical (unpaired) electrons. The third-order valence-electron chi connectivity index (χ3n) is 5.02. The molecule has 0 saturated carbocycles. The van der Waals surface area contributed by atoms with Crippen LogP contribution >= 0.6 is 0 Å². The van der Waals surface area contributed by atoms with Crippen molar-refractivity contribution in [2.45, 2.75) is 32.6 Å². The molecule has 2 N–H and O–H groups in total. The summed E-state index contributed by atoms with van der Waals surface area (Å²) in [7, 11) is -1.48. The first-order valence-corrected chi connectivity index (χ1v) is 10.8. The molecule has 3 aromatic carbocycles. The van der Waals surface area contributed by atoms with Crippen LogP contribution < -0.4 is 10.3 Å². The second-order valence-electron chi connectivity index (χ2n) is 7.58. The van der Waals surface area contributed by atoms with E-state index in [9.17, 15) is 9.00 Å². The summed E-state index contributed by atoms with van der Waals surface area (Å²) in [6.07, 6.45) is 0. The molecule has 152 valence electrons. The molecule has 0 fully saturated rings. The Hall–Kier alpha value is -3.25. The van der Waals surface area contributed by atoms with Crippen molar-refractivity contribution >= 4 is 27.7 Å². The van der Waals surface area contributed by atoms with Gasteiger partial charge in [-0.2, -0.15) is 0 Å². The highest BCUT2D eigenvalue weighted by Crippen LogP contribution is 2.29. The van der Waals surface area contributed by atoms with Crippen molar-refractivity contribution < 1.29 is 4.21 Å². The number of aryl methyl sites for hydroxylation is 4. The number of rotatable bonds is 4. The Balaban J connectivity index is 1.82. The van der Waals surface area contributed by atoms with Crippen molar-refractivity contribution in [2.75, 3.05) is 4.72 Å². The van der Waals surface area contributed by atoms with Crippen LogP contribution in [0.1, 0.15) is 22.3 Å². The Kier molecular flexibility index (Phi) is 5.26. The highest BCUT2D eigenvalue weighted by atomic mass is 32.2. The minimum atomic E-state index is -1.48. The molecule has 0 spiro atoms. The predicted octanol–water partition coefficient (Wildman–Crippen LogP) is 4.96. The van der Waals surface area contributed by atoms with E-state index in [4.69, 9.17) is 0 Å². The average molecular weight is 418 g/mol. The van der Waals surface area contributed by atoms with Gasteiger partial charge in [-0.25, -0.2) is 9.19 Å². The maximum absolute atomic E-state index is 13.2. The number of anilines is 1. The van der Waals surface area contributed by atoms with Gasteiger partial charge in [-0.05, 0) is 63.1 Å². The van der Waals surface area contributed by atoms with Crippen LogP contribution in [0.3, 0.4) is 0 Å². The zero-order chi connectivity index (χ0) is 21.4.